The first-order valence-corrected chi connectivity index (χ1v) is 7.07. The molecule has 22 heavy (non-hydrogen) atoms. The number of fused-ring (bicyclic) bond motifs is 1. The van der Waals surface area contributed by atoms with Gasteiger partial charge in [0.15, 0.2) is 0 Å². The van der Waals surface area contributed by atoms with E-state index in [1.54, 1.807) is 6.07 Å². The predicted octanol–water partition coefficient (Wildman–Crippen LogP) is 3.37. The van der Waals surface area contributed by atoms with Gasteiger partial charge in [0, 0.05) is 6.42 Å². The van der Waals surface area contributed by atoms with Gasteiger partial charge in [-0.1, -0.05) is 30.3 Å². The van der Waals surface area contributed by atoms with Crippen LogP contribution in [0.3, 0.4) is 0 Å². The summed E-state index contributed by atoms with van der Waals surface area (Å²) in [5, 5.41) is 11.0. The van der Waals surface area contributed by atoms with Crippen LogP contribution in [0.2, 0.25) is 0 Å². The highest BCUT2D eigenvalue weighted by atomic mass is 19.1. The minimum absolute atomic E-state index is 0.179. The van der Waals surface area contributed by atoms with Crippen molar-refractivity contribution in [3.63, 3.8) is 0 Å². The zero-order chi connectivity index (χ0) is 15.7. The molecule has 2 aromatic rings. The van der Waals surface area contributed by atoms with Crippen molar-refractivity contribution in [2.75, 3.05) is 6.54 Å². The largest absolute Gasteiger partial charge is 0.487 e. The summed E-state index contributed by atoms with van der Waals surface area (Å²) in [5.41, 5.74) is 3.11. The minimum Gasteiger partial charge on any atom is -0.487 e. The molecule has 0 radical (unpaired) electrons. The van der Waals surface area contributed by atoms with Gasteiger partial charge in [0.25, 0.3) is 0 Å². The SMILES string of the molecule is Cc1ccccc1-c1c(F)ccc2c1OC(CNC(=O)O)C2. The Morgan fingerprint density at radius 3 is 2.86 bits per heavy atom. The first-order chi connectivity index (χ1) is 10.6. The van der Waals surface area contributed by atoms with Crippen LogP contribution in [-0.2, 0) is 6.42 Å². The summed E-state index contributed by atoms with van der Waals surface area (Å²) in [6.07, 6.45) is -0.838. The van der Waals surface area contributed by atoms with Gasteiger partial charge in [0.2, 0.25) is 0 Å². The molecule has 0 spiro atoms. The second-order valence-electron chi connectivity index (χ2n) is 5.36. The lowest BCUT2D eigenvalue weighted by Crippen LogP contribution is -2.33. The first-order valence-electron chi connectivity index (χ1n) is 7.07. The van der Waals surface area contributed by atoms with E-state index in [2.05, 4.69) is 5.32 Å². The number of hydrogen-bond donors (Lipinski definition) is 2. The summed E-state index contributed by atoms with van der Waals surface area (Å²) < 4.78 is 20.2. The fourth-order valence-corrected chi connectivity index (χ4v) is 2.77. The van der Waals surface area contributed by atoms with Crippen LogP contribution in [0.1, 0.15) is 11.1 Å². The third-order valence-electron chi connectivity index (χ3n) is 3.82. The number of aryl methyl sites for hydroxylation is 1. The normalized spacial score (nSPS) is 16.0. The average Bonchev–Trinajstić information content (AvgIpc) is 2.89. The van der Waals surface area contributed by atoms with Crippen LogP contribution in [-0.4, -0.2) is 23.8 Å². The van der Waals surface area contributed by atoms with Crippen molar-refractivity contribution in [2.45, 2.75) is 19.4 Å². The van der Waals surface area contributed by atoms with Crippen LogP contribution in [0.25, 0.3) is 11.1 Å². The molecule has 0 bridgehead atoms. The number of nitrogens with one attached hydrogen (secondary N) is 1. The summed E-state index contributed by atoms with van der Waals surface area (Å²) in [5.74, 6) is 0.186. The first kappa shape index (κ1) is 14.4. The van der Waals surface area contributed by atoms with E-state index < -0.39 is 6.09 Å². The minimum atomic E-state index is -1.09. The van der Waals surface area contributed by atoms with Gasteiger partial charge in [-0.25, -0.2) is 9.18 Å². The maximum Gasteiger partial charge on any atom is 0.404 e. The second kappa shape index (κ2) is 5.67. The number of carbonyl (C=O) groups is 1. The molecule has 0 aromatic heterocycles. The van der Waals surface area contributed by atoms with Crippen molar-refractivity contribution in [3.05, 3.63) is 53.3 Å². The molecule has 4 nitrogen and oxygen atoms in total. The topological polar surface area (TPSA) is 58.6 Å². The third-order valence-corrected chi connectivity index (χ3v) is 3.82. The molecule has 2 aromatic carbocycles. The highest BCUT2D eigenvalue weighted by molar-refractivity contribution is 5.76. The zero-order valence-corrected chi connectivity index (χ0v) is 12.1. The molecule has 1 atom stereocenters. The number of halogens is 1. The van der Waals surface area contributed by atoms with E-state index in [0.29, 0.717) is 17.7 Å². The van der Waals surface area contributed by atoms with Crippen molar-refractivity contribution >= 4 is 6.09 Å². The van der Waals surface area contributed by atoms with E-state index >= 15 is 0 Å². The molecule has 1 amide bonds. The molecule has 0 fully saturated rings. The van der Waals surface area contributed by atoms with E-state index in [1.807, 2.05) is 31.2 Å². The van der Waals surface area contributed by atoms with E-state index in [9.17, 15) is 9.18 Å². The van der Waals surface area contributed by atoms with Gasteiger partial charge in [0.1, 0.15) is 17.7 Å². The Morgan fingerprint density at radius 2 is 2.14 bits per heavy atom. The standard InChI is InChI=1S/C17H16FNO3/c1-10-4-2-3-5-13(10)15-14(18)7-6-11-8-12(22-16(11)15)9-19-17(20)21/h2-7,12,19H,8-9H2,1H3,(H,20,21). The number of carboxylic acid groups (broad SMARTS) is 1. The fraction of sp³-hybridized carbons (Fsp3) is 0.235. The Balaban J connectivity index is 1.97. The molecule has 2 N–H and O–H groups in total. The van der Waals surface area contributed by atoms with Gasteiger partial charge < -0.3 is 15.2 Å². The summed E-state index contributed by atoms with van der Waals surface area (Å²) in [6.45, 7) is 2.10. The van der Waals surface area contributed by atoms with E-state index in [0.717, 1.165) is 16.7 Å². The molecule has 1 aliphatic rings. The zero-order valence-electron chi connectivity index (χ0n) is 12.1. The van der Waals surface area contributed by atoms with Crippen LogP contribution in [0.5, 0.6) is 5.75 Å². The van der Waals surface area contributed by atoms with Crippen LogP contribution >= 0.6 is 0 Å². The van der Waals surface area contributed by atoms with Gasteiger partial charge in [-0.3, -0.25) is 0 Å². The van der Waals surface area contributed by atoms with Gasteiger partial charge in [-0.15, -0.1) is 0 Å². The van der Waals surface area contributed by atoms with Crippen molar-refractivity contribution < 1.29 is 19.0 Å². The highest BCUT2D eigenvalue weighted by Crippen LogP contribution is 2.41. The number of hydrogen-bond acceptors (Lipinski definition) is 2. The molecular weight excluding hydrogens is 285 g/mol. The predicted molar refractivity (Wildman–Crippen MR) is 80.7 cm³/mol. The number of ether oxygens (including phenoxy) is 1. The molecule has 0 aliphatic carbocycles. The Kier molecular flexibility index (Phi) is 3.71. The lowest BCUT2D eigenvalue weighted by atomic mass is 9.96. The quantitative estimate of drug-likeness (QED) is 0.914. The van der Waals surface area contributed by atoms with Crippen LogP contribution in [0.4, 0.5) is 9.18 Å². The van der Waals surface area contributed by atoms with Crippen molar-refractivity contribution in [1.82, 2.24) is 5.32 Å². The summed E-state index contributed by atoms with van der Waals surface area (Å²) in [7, 11) is 0. The molecule has 1 heterocycles. The molecular formula is C17H16FNO3. The van der Waals surface area contributed by atoms with Crippen LogP contribution in [0.15, 0.2) is 36.4 Å². The monoisotopic (exact) mass is 301 g/mol. The van der Waals surface area contributed by atoms with Crippen molar-refractivity contribution in [2.24, 2.45) is 0 Å². The molecule has 3 rings (SSSR count). The highest BCUT2D eigenvalue weighted by Gasteiger charge is 2.28. The smallest absolute Gasteiger partial charge is 0.404 e. The van der Waals surface area contributed by atoms with Crippen molar-refractivity contribution in [3.8, 4) is 16.9 Å². The molecule has 1 aliphatic heterocycles. The number of benzene rings is 2. The van der Waals surface area contributed by atoms with E-state index in [4.69, 9.17) is 9.84 Å². The summed E-state index contributed by atoms with van der Waals surface area (Å²) in [6, 6.07) is 10.7. The molecule has 114 valence electrons. The summed E-state index contributed by atoms with van der Waals surface area (Å²) >= 11 is 0. The Bertz CT molecular complexity index is 730. The van der Waals surface area contributed by atoms with Crippen LogP contribution < -0.4 is 10.1 Å². The molecule has 0 saturated carbocycles. The van der Waals surface area contributed by atoms with Crippen LogP contribution in [0, 0.1) is 12.7 Å². The van der Waals surface area contributed by atoms with Gasteiger partial charge in [0.05, 0.1) is 12.1 Å². The van der Waals surface area contributed by atoms with Gasteiger partial charge in [-0.2, -0.15) is 0 Å². The van der Waals surface area contributed by atoms with E-state index in [-0.39, 0.29) is 18.5 Å². The molecule has 5 heteroatoms. The second-order valence-corrected chi connectivity index (χ2v) is 5.36. The van der Waals surface area contributed by atoms with Crippen molar-refractivity contribution in [1.29, 1.82) is 0 Å². The molecule has 0 saturated heterocycles. The maximum atomic E-state index is 14.4. The maximum absolute atomic E-state index is 14.4. The fourth-order valence-electron chi connectivity index (χ4n) is 2.77. The van der Waals surface area contributed by atoms with Gasteiger partial charge in [-0.05, 0) is 29.7 Å². The lowest BCUT2D eigenvalue weighted by Gasteiger charge is -2.14. The van der Waals surface area contributed by atoms with E-state index in [1.165, 1.54) is 6.07 Å². The lowest BCUT2D eigenvalue weighted by molar-refractivity contribution is 0.181. The third kappa shape index (κ3) is 2.62. The van der Waals surface area contributed by atoms with Gasteiger partial charge >= 0.3 is 6.09 Å². The Morgan fingerprint density at radius 1 is 1.36 bits per heavy atom. The average molecular weight is 301 g/mol. The Labute approximate surface area is 127 Å². The molecule has 1 unspecified atom stereocenters. The number of amides is 1. The Hall–Kier alpha value is -2.56. The number of rotatable bonds is 3. The summed E-state index contributed by atoms with van der Waals surface area (Å²) in [4.78, 5) is 10.6.